The Hall–Kier alpha value is -1.41. The lowest BCUT2D eigenvalue weighted by Crippen LogP contribution is -1.96. The van der Waals surface area contributed by atoms with Crippen molar-refractivity contribution in [2.24, 2.45) is 0 Å². The SMILES string of the molecule is C=C(CCc1cn(CCCCl)c2ccccc12)OC. The molecule has 0 radical (unpaired) electrons. The van der Waals surface area contributed by atoms with Crippen LogP contribution in [0, 0.1) is 0 Å². The second-order valence-electron chi connectivity index (χ2n) is 4.65. The highest BCUT2D eigenvalue weighted by atomic mass is 35.5. The van der Waals surface area contributed by atoms with E-state index in [1.807, 2.05) is 0 Å². The van der Waals surface area contributed by atoms with Crippen molar-refractivity contribution in [3.05, 3.63) is 48.4 Å². The highest BCUT2D eigenvalue weighted by Gasteiger charge is 2.08. The number of allylic oxidation sites excluding steroid dienone is 1. The highest BCUT2D eigenvalue weighted by Crippen LogP contribution is 2.23. The summed E-state index contributed by atoms with van der Waals surface area (Å²) in [5.74, 6) is 1.53. The van der Waals surface area contributed by atoms with E-state index in [4.69, 9.17) is 16.3 Å². The predicted octanol–water partition coefficient (Wildman–Crippen LogP) is 4.36. The molecule has 0 atom stereocenters. The number of aromatic nitrogens is 1. The molecule has 0 unspecified atom stereocenters. The van der Waals surface area contributed by atoms with Crippen LogP contribution in [0.25, 0.3) is 10.9 Å². The van der Waals surface area contributed by atoms with Gasteiger partial charge in [-0.3, -0.25) is 0 Å². The molecule has 0 bridgehead atoms. The molecule has 19 heavy (non-hydrogen) atoms. The van der Waals surface area contributed by atoms with Gasteiger partial charge in [-0.15, -0.1) is 11.6 Å². The maximum absolute atomic E-state index is 5.79. The first kappa shape index (κ1) is 14.0. The van der Waals surface area contributed by atoms with Gasteiger partial charge in [-0.2, -0.15) is 0 Å². The summed E-state index contributed by atoms with van der Waals surface area (Å²) in [4.78, 5) is 0. The standard InChI is InChI=1S/C16H20ClNO/c1-13(19-2)8-9-14-12-18(11-5-10-17)16-7-4-3-6-15(14)16/h3-4,6-7,12H,1,5,8-11H2,2H3. The average molecular weight is 278 g/mol. The zero-order chi connectivity index (χ0) is 13.7. The Balaban J connectivity index is 2.25. The molecule has 0 N–H and O–H groups in total. The first-order valence-corrected chi connectivity index (χ1v) is 7.14. The average Bonchev–Trinajstić information content (AvgIpc) is 2.81. The number of halogens is 1. The number of hydrogen-bond acceptors (Lipinski definition) is 1. The molecular formula is C16H20ClNO. The number of fused-ring (bicyclic) bond motifs is 1. The Morgan fingerprint density at radius 3 is 2.89 bits per heavy atom. The molecular weight excluding hydrogens is 258 g/mol. The third-order valence-corrected chi connectivity index (χ3v) is 3.63. The zero-order valence-corrected chi connectivity index (χ0v) is 12.1. The molecule has 0 aliphatic rings. The van der Waals surface area contributed by atoms with E-state index in [1.54, 1.807) is 7.11 Å². The van der Waals surface area contributed by atoms with Crippen molar-refractivity contribution in [2.75, 3.05) is 13.0 Å². The van der Waals surface area contributed by atoms with E-state index in [0.717, 1.165) is 31.6 Å². The summed E-state index contributed by atoms with van der Waals surface area (Å²) in [7, 11) is 1.67. The minimum atomic E-state index is 0.697. The quantitative estimate of drug-likeness (QED) is 0.542. The second kappa shape index (κ2) is 6.67. The van der Waals surface area contributed by atoms with Crippen molar-refractivity contribution in [3.63, 3.8) is 0 Å². The molecule has 0 fully saturated rings. The van der Waals surface area contributed by atoms with Crippen LogP contribution in [-0.2, 0) is 17.7 Å². The minimum absolute atomic E-state index is 0.697. The van der Waals surface area contributed by atoms with Gasteiger partial charge in [0.1, 0.15) is 0 Å². The number of hydrogen-bond donors (Lipinski definition) is 0. The number of para-hydroxylation sites is 1. The van der Waals surface area contributed by atoms with E-state index in [1.165, 1.54) is 16.5 Å². The summed E-state index contributed by atoms with van der Waals surface area (Å²) >= 11 is 5.79. The Kier molecular flexibility index (Phi) is 4.92. The van der Waals surface area contributed by atoms with E-state index >= 15 is 0 Å². The van der Waals surface area contributed by atoms with Gasteiger partial charge < -0.3 is 9.30 Å². The van der Waals surface area contributed by atoms with Gasteiger partial charge in [-0.1, -0.05) is 24.8 Å². The van der Waals surface area contributed by atoms with Crippen molar-refractivity contribution in [1.82, 2.24) is 4.57 Å². The Bertz CT molecular complexity index is 559. The summed E-state index contributed by atoms with van der Waals surface area (Å²) in [5, 5.41) is 1.32. The van der Waals surface area contributed by atoms with E-state index in [9.17, 15) is 0 Å². The molecule has 0 saturated heterocycles. The fourth-order valence-corrected chi connectivity index (χ4v) is 2.43. The Morgan fingerprint density at radius 1 is 1.37 bits per heavy atom. The summed E-state index contributed by atoms with van der Waals surface area (Å²) in [5.41, 5.74) is 2.63. The molecule has 1 heterocycles. The lowest BCUT2D eigenvalue weighted by Gasteiger charge is -2.02. The van der Waals surface area contributed by atoms with Crippen LogP contribution >= 0.6 is 11.6 Å². The van der Waals surface area contributed by atoms with Gasteiger partial charge in [0.2, 0.25) is 0 Å². The molecule has 0 amide bonds. The molecule has 0 aliphatic carbocycles. The van der Waals surface area contributed by atoms with Crippen LogP contribution in [0.1, 0.15) is 18.4 Å². The van der Waals surface area contributed by atoms with Crippen LogP contribution < -0.4 is 0 Å². The summed E-state index contributed by atoms with van der Waals surface area (Å²) < 4.78 is 7.43. The molecule has 1 aromatic heterocycles. The van der Waals surface area contributed by atoms with Crippen molar-refractivity contribution < 1.29 is 4.74 Å². The van der Waals surface area contributed by atoms with Gasteiger partial charge >= 0.3 is 0 Å². The van der Waals surface area contributed by atoms with Crippen molar-refractivity contribution in [3.8, 4) is 0 Å². The topological polar surface area (TPSA) is 14.2 Å². The maximum Gasteiger partial charge on any atom is 0.0887 e. The molecule has 1 aromatic carbocycles. The first-order valence-electron chi connectivity index (χ1n) is 6.60. The van der Waals surface area contributed by atoms with Crippen molar-refractivity contribution in [2.45, 2.75) is 25.8 Å². The number of rotatable bonds is 7. The van der Waals surface area contributed by atoms with Crippen molar-refractivity contribution in [1.29, 1.82) is 0 Å². The van der Waals surface area contributed by atoms with E-state index in [0.29, 0.717) is 5.88 Å². The monoisotopic (exact) mass is 277 g/mol. The third-order valence-electron chi connectivity index (χ3n) is 3.37. The number of ether oxygens (including phenoxy) is 1. The fourth-order valence-electron chi connectivity index (χ4n) is 2.31. The van der Waals surface area contributed by atoms with Crippen LogP contribution in [0.15, 0.2) is 42.8 Å². The van der Waals surface area contributed by atoms with Gasteiger partial charge in [0, 0.05) is 35.9 Å². The molecule has 2 aromatic rings. The van der Waals surface area contributed by atoms with Crippen LogP contribution in [-0.4, -0.2) is 17.6 Å². The predicted molar refractivity (Wildman–Crippen MR) is 81.7 cm³/mol. The van der Waals surface area contributed by atoms with Gasteiger partial charge in [0.05, 0.1) is 12.9 Å². The molecule has 102 valence electrons. The number of benzene rings is 1. The third kappa shape index (κ3) is 3.32. The number of nitrogens with zero attached hydrogens (tertiary/aromatic N) is 1. The van der Waals surface area contributed by atoms with Crippen LogP contribution in [0.2, 0.25) is 0 Å². The number of alkyl halides is 1. The van der Waals surface area contributed by atoms with Crippen molar-refractivity contribution >= 4 is 22.5 Å². The van der Waals surface area contributed by atoms with Crippen LogP contribution in [0.3, 0.4) is 0 Å². The van der Waals surface area contributed by atoms with Crippen LogP contribution in [0.5, 0.6) is 0 Å². The molecule has 0 aliphatic heterocycles. The number of methoxy groups -OCH3 is 1. The minimum Gasteiger partial charge on any atom is -0.502 e. The summed E-state index contributed by atoms with van der Waals surface area (Å²) in [6, 6.07) is 8.51. The molecule has 3 heteroatoms. The van der Waals surface area contributed by atoms with E-state index in [2.05, 4.69) is 41.6 Å². The normalized spacial score (nSPS) is 10.8. The fraction of sp³-hybridized carbons (Fsp3) is 0.375. The lowest BCUT2D eigenvalue weighted by atomic mass is 10.1. The van der Waals surface area contributed by atoms with Gasteiger partial charge in [-0.25, -0.2) is 0 Å². The summed E-state index contributed by atoms with van der Waals surface area (Å²) in [6.07, 6.45) is 5.05. The largest absolute Gasteiger partial charge is 0.502 e. The molecule has 0 saturated carbocycles. The highest BCUT2D eigenvalue weighted by molar-refractivity contribution is 6.17. The summed E-state index contributed by atoms with van der Waals surface area (Å²) in [6.45, 7) is 4.85. The zero-order valence-electron chi connectivity index (χ0n) is 11.4. The smallest absolute Gasteiger partial charge is 0.0887 e. The van der Waals surface area contributed by atoms with Gasteiger partial charge in [-0.05, 0) is 24.5 Å². The van der Waals surface area contributed by atoms with Gasteiger partial charge in [0.15, 0.2) is 0 Å². The molecule has 2 rings (SSSR count). The Morgan fingerprint density at radius 2 is 2.16 bits per heavy atom. The van der Waals surface area contributed by atoms with Crippen LogP contribution in [0.4, 0.5) is 0 Å². The molecule has 2 nitrogen and oxygen atoms in total. The lowest BCUT2D eigenvalue weighted by molar-refractivity contribution is 0.279. The van der Waals surface area contributed by atoms with E-state index < -0.39 is 0 Å². The Labute approximate surface area is 119 Å². The van der Waals surface area contributed by atoms with Gasteiger partial charge in [0.25, 0.3) is 0 Å². The maximum atomic E-state index is 5.79. The van der Waals surface area contributed by atoms with E-state index in [-0.39, 0.29) is 0 Å². The number of aryl methyl sites for hydroxylation is 2. The molecule has 0 spiro atoms. The second-order valence-corrected chi connectivity index (χ2v) is 5.03. The first-order chi connectivity index (χ1) is 9.26.